The van der Waals surface area contributed by atoms with Crippen molar-refractivity contribution in [1.82, 2.24) is 10.4 Å². The summed E-state index contributed by atoms with van der Waals surface area (Å²) in [7, 11) is 0. The van der Waals surface area contributed by atoms with Gasteiger partial charge in [0.25, 0.3) is 0 Å². The van der Waals surface area contributed by atoms with Crippen LogP contribution in [0.5, 0.6) is 0 Å². The molecule has 0 amide bonds. The molecule has 0 fully saturated rings. The van der Waals surface area contributed by atoms with Gasteiger partial charge in [0.05, 0.1) is 6.20 Å². The topological polar surface area (TPSA) is 38.9 Å². The first kappa shape index (κ1) is 9.49. The first-order chi connectivity index (χ1) is 6.75. The number of nitrogens with zero attached hydrogens (tertiary/aromatic N) is 2. The van der Waals surface area contributed by atoms with Crippen LogP contribution in [0.15, 0.2) is 28.9 Å². The van der Waals surface area contributed by atoms with Crippen LogP contribution in [0.1, 0.15) is 11.3 Å². The maximum absolute atomic E-state index is 5.98. The Balaban J connectivity index is 2.25. The molecule has 3 nitrogen and oxygen atoms in total. The maximum atomic E-state index is 5.98. The fourth-order valence-electron chi connectivity index (χ4n) is 1.12. The Morgan fingerprint density at radius 1 is 1.29 bits per heavy atom. The molecule has 1 heterocycles. The highest BCUT2D eigenvalue weighted by Gasteiger charge is 2.05. The Morgan fingerprint density at radius 2 is 2.14 bits per heavy atom. The monoisotopic (exact) mass is 228 g/mol. The molecular weight excluding hydrogens is 223 g/mol. The van der Waals surface area contributed by atoms with E-state index in [9.17, 15) is 0 Å². The van der Waals surface area contributed by atoms with Gasteiger partial charge in [0, 0.05) is 21.7 Å². The molecule has 5 heteroatoms. The van der Waals surface area contributed by atoms with Crippen molar-refractivity contribution < 1.29 is 4.52 Å². The van der Waals surface area contributed by atoms with Gasteiger partial charge in [0.15, 0.2) is 5.76 Å². The number of hydrogen-bond acceptors (Lipinski definition) is 3. The lowest BCUT2D eigenvalue weighted by Gasteiger charge is -2.00. The molecule has 1 aromatic heterocycles. The van der Waals surface area contributed by atoms with Crippen LogP contribution in [0.25, 0.3) is 0 Å². The van der Waals surface area contributed by atoms with Gasteiger partial charge in [-0.1, -0.05) is 29.3 Å². The van der Waals surface area contributed by atoms with E-state index in [0.29, 0.717) is 22.2 Å². The van der Waals surface area contributed by atoms with Crippen molar-refractivity contribution in [2.45, 2.75) is 6.42 Å². The molecule has 0 N–H and O–H groups in total. The summed E-state index contributed by atoms with van der Waals surface area (Å²) >= 11 is 11.7. The van der Waals surface area contributed by atoms with Gasteiger partial charge in [-0.05, 0) is 17.7 Å². The number of aromatic nitrogens is 2. The minimum atomic E-state index is 0.572. The smallest absolute Gasteiger partial charge is 0.161 e. The Labute approximate surface area is 90.6 Å². The van der Waals surface area contributed by atoms with Crippen LogP contribution in [-0.4, -0.2) is 10.4 Å². The zero-order valence-corrected chi connectivity index (χ0v) is 8.59. The molecule has 0 aliphatic rings. The third-order valence-electron chi connectivity index (χ3n) is 1.79. The Morgan fingerprint density at radius 3 is 2.79 bits per heavy atom. The van der Waals surface area contributed by atoms with Gasteiger partial charge >= 0.3 is 0 Å². The third kappa shape index (κ3) is 2.05. The van der Waals surface area contributed by atoms with Crippen LogP contribution >= 0.6 is 23.2 Å². The first-order valence-electron chi connectivity index (χ1n) is 3.96. The van der Waals surface area contributed by atoms with Crippen LogP contribution in [0.2, 0.25) is 10.0 Å². The molecule has 2 aromatic rings. The summed E-state index contributed by atoms with van der Waals surface area (Å²) in [5.74, 6) is 0.675. The molecule has 0 spiro atoms. The molecule has 0 aliphatic heterocycles. The molecule has 0 aliphatic carbocycles. The summed E-state index contributed by atoms with van der Waals surface area (Å²) < 4.78 is 4.87. The van der Waals surface area contributed by atoms with E-state index in [1.165, 1.54) is 0 Å². The second kappa shape index (κ2) is 3.98. The lowest BCUT2D eigenvalue weighted by Crippen LogP contribution is -1.86. The van der Waals surface area contributed by atoms with Gasteiger partial charge < -0.3 is 4.52 Å². The fraction of sp³-hybridized carbons (Fsp3) is 0.111. The van der Waals surface area contributed by atoms with Crippen molar-refractivity contribution in [3.05, 3.63) is 45.8 Å². The Kier molecular flexibility index (Phi) is 2.70. The zero-order valence-electron chi connectivity index (χ0n) is 7.08. The fourth-order valence-corrected chi connectivity index (χ4v) is 1.59. The van der Waals surface area contributed by atoms with Crippen molar-refractivity contribution in [3.63, 3.8) is 0 Å². The lowest BCUT2D eigenvalue weighted by atomic mass is 10.1. The second-order valence-electron chi connectivity index (χ2n) is 2.80. The lowest BCUT2D eigenvalue weighted by molar-refractivity contribution is 0.367. The molecule has 0 bridgehead atoms. The van der Waals surface area contributed by atoms with Crippen LogP contribution in [0.4, 0.5) is 0 Å². The van der Waals surface area contributed by atoms with Crippen molar-refractivity contribution in [1.29, 1.82) is 0 Å². The third-order valence-corrected chi connectivity index (χ3v) is 2.37. The SMILES string of the molecule is Clc1ccc(Cc2cnno2)c(Cl)c1. The molecule has 2 rings (SSSR count). The molecule has 0 atom stereocenters. The van der Waals surface area contributed by atoms with Crippen LogP contribution in [0.3, 0.4) is 0 Å². The summed E-state index contributed by atoms with van der Waals surface area (Å²) in [5, 5.41) is 8.19. The van der Waals surface area contributed by atoms with E-state index in [-0.39, 0.29) is 0 Å². The highest BCUT2D eigenvalue weighted by atomic mass is 35.5. The van der Waals surface area contributed by atoms with Crippen molar-refractivity contribution >= 4 is 23.2 Å². The molecule has 0 saturated carbocycles. The van der Waals surface area contributed by atoms with Gasteiger partial charge in [0.2, 0.25) is 0 Å². The first-order valence-corrected chi connectivity index (χ1v) is 4.71. The zero-order chi connectivity index (χ0) is 9.97. The average molecular weight is 229 g/mol. The number of rotatable bonds is 2. The van der Waals surface area contributed by atoms with Crippen LogP contribution in [-0.2, 0) is 6.42 Å². The van der Waals surface area contributed by atoms with Crippen molar-refractivity contribution in [3.8, 4) is 0 Å². The molecule has 1 aromatic carbocycles. The molecular formula is C9H6Cl2N2O. The van der Waals surface area contributed by atoms with E-state index in [1.54, 1.807) is 18.3 Å². The second-order valence-corrected chi connectivity index (χ2v) is 3.64. The summed E-state index contributed by atoms with van der Waals surface area (Å²) in [4.78, 5) is 0. The maximum Gasteiger partial charge on any atom is 0.161 e. The standard InChI is InChI=1S/C9H6Cl2N2O/c10-7-2-1-6(9(11)4-7)3-8-5-12-13-14-8/h1-2,4-5H,3H2. The minimum absolute atomic E-state index is 0.572. The Hall–Kier alpha value is -1.06. The summed E-state index contributed by atoms with van der Waals surface area (Å²) in [6, 6.07) is 5.34. The minimum Gasteiger partial charge on any atom is -0.342 e. The highest BCUT2D eigenvalue weighted by Crippen LogP contribution is 2.22. The number of hydrogen-bond donors (Lipinski definition) is 0. The van der Waals surface area contributed by atoms with Crippen molar-refractivity contribution in [2.24, 2.45) is 0 Å². The summed E-state index contributed by atoms with van der Waals surface area (Å²) in [5.41, 5.74) is 0.939. The quantitative estimate of drug-likeness (QED) is 0.794. The van der Waals surface area contributed by atoms with E-state index in [1.807, 2.05) is 6.07 Å². The largest absolute Gasteiger partial charge is 0.342 e. The normalized spacial score (nSPS) is 10.4. The number of benzene rings is 1. The van der Waals surface area contributed by atoms with E-state index in [0.717, 1.165) is 5.56 Å². The predicted molar refractivity (Wildman–Crippen MR) is 53.6 cm³/mol. The summed E-state index contributed by atoms with van der Waals surface area (Å²) in [6.07, 6.45) is 2.13. The molecule has 14 heavy (non-hydrogen) atoms. The molecule has 0 radical (unpaired) electrons. The van der Waals surface area contributed by atoms with Crippen LogP contribution in [0, 0.1) is 0 Å². The van der Waals surface area contributed by atoms with Gasteiger partial charge in [-0.2, -0.15) is 0 Å². The van der Waals surface area contributed by atoms with E-state index in [2.05, 4.69) is 10.4 Å². The number of halogens is 2. The van der Waals surface area contributed by atoms with Gasteiger partial charge in [0.1, 0.15) is 0 Å². The average Bonchev–Trinajstić information content (AvgIpc) is 2.62. The van der Waals surface area contributed by atoms with Gasteiger partial charge in [-0.25, -0.2) is 0 Å². The van der Waals surface area contributed by atoms with E-state index >= 15 is 0 Å². The van der Waals surface area contributed by atoms with Gasteiger partial charge in [-0.15, -0.1) is 5.10 Å². The summed E-state index contributed by atoms with van der Waals surface area (Å²) in [6.45, 7) is 0. The van der Waals surface area contributed by atoms with E-state index < -0.39 is 0 Å². The predicted octanol–water partition coefficient (Wildman–Crippen LogP) is 2.97. The van der Waals surface area contributed by atoms with Crippen LogP contribution < -0.4 is 0 Å². The molecule has 72 valence electrons. The van der Waals surface area contributed by atoms with E-state index in [4.69, 9.17) is 27.7 Å². The molecule has 0 unspecified atom stereocenters. The molecule has 0 saturated heterocycles. The van der Waals surface area contributed by atoms with Gasteiger partial charge in [-0.3, -0.25) is 0 Å². The Bertz CT molecular complexity index is 428. The van der Waals surface area contributed by atoms with Crippen molar-refractivity contribution in [2.75, 3.05) is 0 Å². The highest BCUT2D eigenvalue weighted by molar-refractivity contribution is 6.35.